The van der Waals surface area contributed by atoms with Gasteiger partial charge in [-0.3, -0.25) is 0 Å². The van der Waals surface area contributed by atoms with Crippen molar-refractivity contribution in [2.75, 3.05) is 24.8 Å². The monoisotopic (exact) mass is 283 g/mol. The van der Waals surface area contributed by atoms with Crippen LogP contribution < -0.4 is 4.98 Å². The van der Waals surface area contributed by atoms with E-state index < -0.39 is 8.97 Å². The molecule has 19 heavy (non-hydrogen) atoms. The lowest BCUT2D eigenvalue weighted by atomic mass is 10.2. The van der Waals surface area contributed by atoms with Gasteiger partial charge in [-0.05, 0) is 31.9 Å². The summed E-state index contributed by atoms with van der Waals surface area (Å²) in [5.41, 5.74) is 0.958. The molecule has 0 aliphatic heterocycles. The smallest absolute Gasteiger partial charge is 0.357 e. The molecule has 0 atom stereocenters. The average Bonchev–Trinajstić information content (AvgIpc) is 2.38. The molecule has 0 bridgehead atoms. The molecule has 108 valence electrons. The van der Waals surface area contributed by atoms with Crippen LogP contribution in [-0.2, 0) is 13.3 Å². The molecule has 4 nitrogen and oxygen atoms in total. The lowest BCUT2D eigenvalue weighted by molar-refractivity contribution is 0.0652. The highest BCUT2D eigenvalue weighted by Crippen LogP contribution is 2.17. The molecular weight excluding hydrogens is 258 g/mol. The van der Waals surface area contributed by atoms with Gasteiger partial charge in [0.25, 0.3) is 0 Å². The Kier molecular flexibility index (Phi) is 7.08. The zero-order valence-electron chi connectivity index (χ0n) is 12.3. The van der Waals surface area contributed by atoms with Gasteiger partial charge >= 0.3 is 8.97 Å². The van der Waals surface area contributed by atoms with Crippen LogP contribution in [0.5, 0.6) is 0 Å². The quantitative estimate of drug-likeness (QED) is 0.706. The highest BCUT2D eigenvalue weighted by molar-refractivity contribution is 6.64. The van der Waals surface area contributed by atoms with Gasteiger partial charge in [0.1, 0.15) is 0 Å². The normalized spacial score (nSPS) is 11.8. The van der Waals surface area contributed by atoms with Crippen molar-refractivity contribution < 1.29 is 13.3 Å². The number of benzene rings is 1. The predicted molar refractivity (Wildman–Crippen MR) is 79.9 cm³/mol. The summed E-state index contributed by atoms with van der Waals surface area (Å²) in [6, 6.07) is 9.89. The van der Waals surface area contributed by atoms with Gasteiger partial charge in [-0.15, -0.1) is 0 Å². The average molecular weight is 283 g/mol. The second-order valence-electron chi connectivity index (χ2n) is 4.62. The molecule has 0 unspecified atom stereocenters. The molecule has 1 N–H and O–H groups in total. The van der Waals surface area contributed by atoms with E-state index in [1.807, 2.05) is 44.2 Å². The summed E-state index contributed by atoms with van der Waals surface area (Å²) in [6.45, 7) is 9.86. The SMILES string of the molecule is CCO[Si](Nc1ccccc1)(OCC)OCC(C)C. The van der Waals surface area contributed by atoms with Crippen molar-refractivity contribution in [3.63, 3.8) is 0 Å². The van der Waals surface area contributed by atoms with E-state index in [4.69, 9.17) is 13.3 Å². The molecule has 0 radical (unpaired) electrons. The van der Waals surface area contributed by atoms with Gasteiger partial charge < -0.3 is 18.3 Å². The number of rotatable bonds is 9. The van der Waals surface area contributed by atoms with Gasteiger partial charge in [0, 0.05) is 25.5 Å². The van der Waals surface area contributed by atoms with Crippen LogP contribution in [0.4, 0.5) is 5.69 Å². The number of anilines is 1. The fraction of sp³-hybridized carbons (Fsp3) is 0.571. The largest absolute Gasteiger partial charge is 0.631 e. The number of hydrogen-bond acceptors (Lipinski definition) is 4. The van der Waals surface area contributed by atoms with Crippen LogP contribution in [0.1, 0.15) is 27.7 Å². The summed E-state index contributed by atoms with van der Waals surface area (Å²) in [4.78, 5) is 3.32. The van der Waals surface area contributed by atoms with Crippen LogP contribution in [0.25, 0.3) is 0 Å². The molecule has 1 aromatic rings. The van der Waals surface area contributed by atoms with E-state index in [-0.39, 0.29) is 0 Å². The maximum absolute atomic E-state index is 5.96. The van der Waals surface area contributed by atoms with E-state index in [1.54, 1.807) is 0 Å². The molecule has 0 heterocycles. The van der Waals surface area contributed by atoms with E-state index >= 15 is 0 Å². The third kappa shape index (κ3) is 5.73. The summed E-state index contributed by atoms with van der Waals surface area (Å²) in [6.07, 6.45) is 0. The van der Waals surface area contributed by atoms with Crippen LogP contribution in [0.3, 0.4) is 0 Å². The summed E-state index contributed by atoms with van der Waals surface area (Å²) < 4.78 is 17.6. The summed E-state index contributed by atoms with van der Waals surface area (Å²) in [7, 11) is -2.85. The first-order chi connectivity index (χ1) is 9.12. The third-order valence-electron chi connectivity index (χ3n) is 2.35. The Morgan fingerprint density at radius 1 is 1.00 bits per heavy atom. The van der Waals surface area contributed by atoms with Crippen molar-refractivity contribution in [1.29, 1.82) is 0 Å². The summed E-state index contributed by atoms with van der Waals surface area (Å²) in [5, 5.41) is 0. The van der Waals surface area contributed by atoms with Crippen molar-refractivity contribution in [3.05, 3.63) is 30.3 Å². The van der Waals surface area contributed by atoms with E-state index in [2.05, 4.69) is 18.8 Å². The summed E-state index contributed by atoms with van der Waals surface area (Å²) in [5.74, 6) is 0.436. The summed E-state index contributed by atoms with van der Waals surface area (Å²) >= 11 is 0. The Morgan fingerprint density at radius 2 is 1.58 bits per heavy atom. The first-order valence-corrected chi connectivity index (χ1v) is 8.59. The first kappa shape index (κ1) is 16.2. The molecule has 0 saturated carbocycles. The van der Waals surface area contributed by atoms with Crippen LogP contribution in [0, 0.1) is 5.92 Å². The van der Waals surface area contributed by atoms with E-state index in [1.165, 1.54) is 0 Å². The number of hydrogen-bond donors (Lipinski definition) is 1. The van der Waals surface area contributed by atoms with Gasteiger partial charge in [0.05, 0.1) is 0 Å². The molecule has 0 spiro atoms. The minimum Gasteiger partial charge on any atom is -0.357 e. The van der Waals surface area contributed by atoms with Crippen molar-refractivity contribution in [1.82, 2.24) is 0 Å². The highest BCUT2D eigenvalue weighted by atomic mass is 28.4. The minimum atomic E-state index is -2.85. The lowest BCUT2D eigenvalue weighted by Gasteiger charge is -2.29. The van der Waals surface area contributed by atoms with Gasteiger partial charge in [0.15, 0.2) is 0 Å². The fourth-order valence-electron chi connectivity index (χ4n) is 1.59. The van der Waals surface area contributed by atoms with Gasteiger partial charge in [-0.25, -0.2) is 0 Å². The lowest BCUT2D eigenvalue weighted by Crippen LogP contribution is -2.54. The predicted octanol–water partition coefficient (Wildman–Crippen LogP) is 3.28. The molecule has 1 rings (SSSR count). The maximum atomic E-state index is 5.96. The molecule has 0 aliphatic carbocycles. The maximum Gasteiger partial charge on any atom is 0.631 e. The van der Waals surface area contributed by atoms with Gasteiger partial charge in [0.2, 0.25) is 0 Å². The Morgan fingerprint density at radius 3 is 2.05 bits per heavy atom. The van der Waals surface area contributed by atoms with Crippen molar-refractivity contribution in [3.8, 4) is 0 Å². The number of para-hydroxylation sites is 1. The van der Waals surface area contributed by atoms with Crippen LogP contribution in [0.15, 0.2) is 30.3 Å². The fourth-order valence-corrected chi connectivity index (χ4v) is 3.89. The second kappa shape index (κ2) is 8.32. The van der Waals surface area contributed by atoms with Crippen molar-refractivity contribution in [2.24, 2.45) is 5.92 Å². The van der Waals surface area contributed by atoms with E-state index in [9.17, 15) is 0 Å². The Labute approximate surface area is 117 Å². The Hall–Kier alpha value is -0.883. The van der Waals surface area contributed by atoms with Crippen LogP contribution >= 0.6 is 0 Å². The zero-order valence-corrected chi connectivity index (χ0v) is 13.3. The second-order valence-corrected chi connectivity index (χ2v) is 6.85. The van der Waals surface area contributed by atoms with Crippen molar-refractivity contribution in [2.45, 2.75) is 27.7 Å². The highest BCUT2D eigenvalue weighted by Gasteiger charge is 2.43. The van der Waals surface area contributed by atoms with Gasteiger partial charge in [-0.2, -0.15) is 0 Å². The first-order valence-electron chi connectivity index (χ1n) is 6.87. The van der Waals surface area contributed by atoms with Crippen molar-refractivity contribution >= 4 is 14.7 Å². The molecule has 5 heteroatoms. The molecule has 0 amide bonds. The molecule has 0 aromatic heterocycles. The van der Waals surface area contributed by atoms with Gasteiger partial charge in [-0.1, -0.05) is 32.0 Å². The standard InChI is InChI=1S/C14H25NO3Si/c1-5-16-19(17-6-2,18-12-13(3)4)15-14-10-8-7-9-11-14/h7-11,13,15H,5-6,12H2,1-4H3. The van der Waals surface area contributed by atoms with E-state index in [0.29, 0.717) is 25.7 Å². The Balaban J connectivity index is 2.81. The van der Waals surface area contributed by atoms with E-state index in [0.717, 1.165) is 5.69 Å². The van der Waals surface area contributed by atoms with Crippen LogP contribution in [-0.4, -0.2) is 28.8 Å². The minimum absolute atomic E-state index is 0.436. The van der Waals surface area contributed by atoms with Crippen LogP contribution in [0.2, 0.25) is 0 Å². The number of nitrogens with one attached hydrogen (secondary N) is 1. The molecule has 0 saturated heterocycles. The molecule has 0 aliphatic rings. The third-order valence-corrected chi connectivity index (χ3v) is 4.83. The molecular formula is C14H25NO3Si. The topological polar surface area (TPSA) is 39.7 Å². The zero-order chi connectivity index (χ0) is 14.1. The Bertz CT molecular complexity index is 340. The molecule has 0 fully saturated rings. The molecule has 1 aromatic carbocycles.